The van der Waals surface area contributed by atoms with Crippen LogP contribution in [0.3, 0.4) is 0 Å². The van der Waals surface area contributed by atoms with Crippen molar-refractivity contribution >= 4 is 0 Å². The lowest BCUT2D eigenvalue weighted by Crippen LogP contribution is -2.15. The summed E-state index contributed by atoms with van der Waals surface area (Å²) in [7, 11) is 0. The van der Waals surface area contributed by atoms with Crippen LogP contribution in [0.5, 0.6) is 0 Å². The predicted molar refractivity (Wildman–Crippen MR) is 74.4 cm³/mol. The van der Waals surface area contributed by atoms with Gasteiger partial charge in [0.25, 0.3) is 0 Å². The summed E-state index contributed by atoms with van der Waals surface area (Å²) in [6, 6.07) is 8.61. The number of H-pyrrole nitrogens is 1. The van der Waals surface area contributed by atoms with E-state index in [9.17, 15) is 0 Å². The summed E-state index contributed by atoms with van der Waals surface area (Å²) in [5.41, 5.74) is 8.89. The van der Waals surface area contributed by atoms with Crippen LogP contribution in [-0.4, -0.2) is 9.97 Å². The molecule has 1 heterocycles. The number of aromatic amines is 1. The molecule has 3 heteroatoms. The van der Waals surface area contributed by atoms with Crippen LogP contribution in [0.15, 0.2) is 36.7 Å². The summed E-state index contributed by atoms with van der Waals surface area (Å²) in [5.74, 6) is 0.842. The normalized spacial score (nSPS) is 13.6. The number of hydrogen-bond donors (Lipinski definition) is 2. The highest BCUT2D eigenvalue weighted by molar-refractivity contribution is 5.28. The third-order valence-corrected chi connectivity index (χ3v) is 3.15. The molecule has 0 aliphatic rings. The molecule has 0 aliphatic carbocycles. The van der Waals surface area contributed by atoms with Crippen LogP contribution in [0.4, 0.5) is 0 Å². The zero-order chi connectivity index (χ0) is 13.2. The Kier molecular flexibility index (Phi) is 3.53. The number of nitrogens with zero attached hydrogens (tertiary/aromatic N) is 1. The molecule has 1 aromatic heterocycles. The minimum atomic E-state index is -0.0690. The first-order valence-corrected chi connectivity index (χ1v) is 6.31. The van der Waals surface area contributed by atoms with Crippen LogP contribution in [0.25, 0.3) is 0 Å². The van der Waals surface area contributed by atoms with Crippen molar-refractivity contribution in [3.8, 4) is 0 Å². The highest BCUT2D eigenvalue weighted by atomic mass is 14.9. The van der Waals surface area contributed by atoms with Crippen LogP contribution < -0.4 is 5.73 Å². The molecule has 1 atom stereocenters. The minimum absolute atomic E-state index is 0.0690. The topological polar surface area (TPSA) is 54.7 Å². The smallest absolute Gasteiger partial charge is 0.123 e. The Hall–Kier alpha value is -1.61. The van der Waals surface area contributed by atoms with Crippen molar-refractivity contribution in [2.24, 2.45) is 5.73 Å². The Balaban J connectivity index is 2.07. The van der Waals surface area contributed by atoms with E-state index in [-0.39, 0.29) is 11.5 Å². The molecule has 96 valence electrons. The lowest BCUT2D eigenvalue weighted by atomic mass is 9.86. The summed E-state index contributed by atoms with van der Waals surface area (Å²) < 4.78 is 0. The highest BCUT2D eigenvalue weighted by Crippen LogP contribution is 2.23. The van der Waals surface area contributed by atoms with Crippen molar-refractivity contribution in [1.82, 2.24) is 9.97 Å². The number of rotatable bonds is 3. The van der Waals surface area contributed by atoms with Crippen LogP contribution in [0.2, 0.25) is 0 Å². The molecule has 0 saturated heterocycles. The van der Waals surface area contributed by atoms with E-state index in [1.54, 1.807) is 12.4 Å². The lowest BCUT2D eigenvalue weighted by Gasteiger charge is -2.19. The molecule has 0 fully saturated rings. The van der Waals surface area contributed by atoms with Gasteiger partial charge >= 0.3 is 0 Å². The molecule has 0 amide bonds. The van der Waals surface area contributed by atoms with Gasteiger partial charge in [-0.2, -0.15) is 0 Å². The number of nitrogens with two attached hydrogens (primary N) is 1. The number of benzene rings is 1. The molecule has 2 aromatic rings. The Morgan fingerprint density at radius 2 is 1.89 bits per heavy atom. The first-order valence-electron chi connectivity index (χ1n) is 6.31. The summed E-state index contributed by atoms with van der Waals surface area (Å²) in [6.07, 6.45) is 4.34. The standard InChI is InChI=1S/C15H21N3/c1-15(2,3)12-6-4-11(5-7-12)10-13(16)14-17-8-9-18-14/h4-9,13H,10,16H2,1-3H3,(H,17,18). The van der Waals surface area contributed by atoms with Crippen molar-refractivity contribution in [3.63, 3.8) is 0 Å². The molecule has 1 aromatic carbocycles. The van der Waals surface area contributed by atoms with Gasteiger partial charge in [0.05, 0.1) is 6.04 Å². The quantitative estimate of drug-likeness (QED) is 0.870. The van der Waals surface area contributed by atoms with E-state index in [1.165, 1.54) is 11.1 Å². The zero-order valence-electron chi connectivity index (χ0n) is 11.3. The third-order valence-electron chi connectivity index (χ3n) is 3.15. The van der Waals surface area contributed by atoms with E-state index in [1.807, 2.05) is 0 Å². The maximum Gasteiger partial charge on any atom is 0.123 e. The van der Waals surface area contributed by atoms with Crippen molar-refractivity contribution < 1.29 is 0 Å². The second-order valence-corrected chi connectivity index (χ2v) is 5.73. The van der Waals surface area contributed by atoms with Gasteiger partial charge < -0.3 is 10.7 Å². The number of nitrogens with one attached hydrogen (secondary N) is 1. The van der Waals surface area contributed by atoms with Gasteiger partial charge in [-0.1, -0.05) is 45.0 Å². The van der Waals surface area contributed by atoms with Gasteiger partial charge in [0, 0.05) is 12.4 Å². The van der Waals surface area contributed by atoms with Crippen molar-refractivity contribution in [2.75, 3.05) is 0 Å². The van der Waals surface area contributed by atoms with E-state index in [0.29, 0.717) is 0 Å². The maximum atomic E-state index is 6.10. The van der Waals surface area contributed by atoms with Crippen LogP contribution in [-0.2, 0) is 11.8 Å². The van der Waals surface area contributed by atoms with Gasteiger partial charge in [-0.15, -0.1) is 0 Å². The summed E-state index contributed by atoms with van der Waals surface area (Å²) >= 11 is 0. The van der Waals surface area contributed by atoms with Crippen molar-refractivity contribution in [2.45, 2.75) is 38.6 Å². The Morgan fingerprint density at radius 3 is 2.39 bits per heavy atom. The Morgan fingerprint density at radius 1 is 1.22 bits per heavy atom. The van der Waals surface area contributed by atoms with Gasteiger partial charge in [0.15, 0.2) is 0 Å². The van der Waals surface area contributed by atoms with E-state index >= 15 is 0 Å². The SMILES string of the molecule is CC(C)(C)c1ccc(CC(N)c2ncc[nH]2)cc1. The minimum Gasteiger partial charge on any atom is -0.347 e. The molecule has 0 aliphatic heterocycles. The largest absolute Gasteiger partial charge is 0.347 e. The average molecular weight is 243 g/mol. The second kappa shape index (κ2) is 4.94. The van der Waals surface area contributed by atoms with E-state index in [4.69, 9.17) is 5.73 Å². The van der Waals surface area contributed by atoms with Gasteiger partial charge in [-0.05, 0) is 23.0 Å². The fourth-order valence-corrected chi connectivity index (χ4v) is 1.97. The molecule has 2 rings (SSSR count). The van der Waals surface area contributed by atoms with E-state index in [0.717, 1.165) is 12.2 Å². The Labute approximate surface area is 108 Å². The monoisotopic (exact) mass is 243 g/mol. The molecule has 0 spiro atoms. The fraction of sp³-hybridized carbons (Fsp3) is 0.400. The zero-order valence-corrected chi connectivity index (χ0v) is 11.3. The number of imidazole rings is 1. The lowest BCUT2D eigenvalue weighted by molar-refractivity contribution is 0.589. The van der Waals surface area contributed by atoms with Gasteiger partial charge in [0.1, 0.15) is 5.82 Å². The van der Waals surface area contributed by atoms with E-state index in [2.05, 4.69) is 55.0 Å². The molecular formula is C15H21N3. The number of aromatic nitrogens is 2. The van der Waals surface area contributed by atoms with Gasteiger partial charge in [-0.25, -0.2) is 4.98 Å². The molecule has 0 radical (unpaired) electrons. The van der Waals surface area contributed by atoms with E-state index < -0.39 is 0 Å². The van der Waals surface area contributed by atoms with Crippen LogP contribution in [0, 0.1) is 0 Å². The predicted octanol–water partition coefficient (Wildman–Crippen LogP) is 2.95. The second-order valence-electron chi connectivity index (χ2n) is 5.73. The van der Waals surface area contributed by atoms with Crippen molar-refractivity contribution in [3.05, 3.63) is 53.6 Å². The molecule has 3 nitrogen and oxygen atoms in total. The van der Waals surface area contributed by atoms with Crippen LogP contribution >= 0.6 is 0 Å². The molecule has 1 unspecified atom stereocenters. The summed E-state index contributed by atoms with van der Waals surface area (Å²) in [6.45, 7) is 6.66. The summed E-state index contributed by atoms with van der Waals surface area (Å²) in [4.78, 5) is 7.25. The average Bonchev–Trinajstić information content (AvgIpc) is 2.82. The molecule has 0 saturated carbocycles. The molecular weight excluding hydrogens is 222 g/mol. The fourth-order valence-electron chi connectivity index (χ4n) is 1.97. The number of hydrogen-bond acceptors (Lipinski definition) is 2. The summed E-state index contributed by atoms with van der Waals surface area (Å²) in [5, 5.41) is 0. The van der Waals surface area contributed by atoms with Gasteiger partial charge in [0.2, 0.25) is 0 Å². The first kappa shape index (κ1) is 12.8. The molecule has 0 bridgehead atoms. The Bertz CT molecular complexity index is 477. The maximum absolute atomic E-state index is 6.10. The van der Waals surface area contributed by atoms with Gasteiger partial charge in [-0.3, -0.25) is 0 Å². The molecule has 3 N–H and O–H groups in total. The first-order chi connectivity index (χ1) is 8.47. The van der Waals surface area contributed by atoms with Crippen LogP contribution in [0.1, 0.15) is 43.8 Å². The third kappa shape index (κ3) is 2.99. The van der Waals surface area contributed by atoms with Crippen molar-refractivity contribution in [1.29, 1.82) is 0 Å². The highest BCUT2D eigenvalue weighted by Gasteiger charge is 2.14. The molecule has 18 heavy (non-hydrogen) atoms.